The number of carbonyl (C=O) groups excluding carboxylic acids is 1. The predicted octanol–water partition coefficient (Wildman–Crippen LogP) is 3.52. The fourth-order valence-electron chi connectivity index (χ4n) is 3.45. The number of amides is 1. The van der Waals surface area contributed by atoms with Crippen LogP contribution in [0.4, 0.5) is 5.69 Å². The zero-order valence-corrected chi connectivity index (χ0v) is 17.7. The van der Waals surface area contributed by atoms with Crippen molar-refractivity contribution in [3.8, 4) is 11.5 Å². The summed E-state index contributed by atoms with van der Waals surface area (Å²) < 4.78 is 38.5. The SMILES string of the molecule is COc1ccc(NC(=O)c2ccc(OC)c(S(=O)(=O)N3CCCCC3C)c2)cc1. The fraction of sp³-hybridized carbons (Fsp3) is 0.381. The molecular weight excluding hydrogens is 392 g/mol. The van der Waals surface area contributed by atoms with Crippen LogP contribution in [0.1, 0.15) is 36.5 Å². The van der Waals surface area contributed by atoms with Crippen LogP contribution >= 0.6 is 0 Å². The van der Waals surface area contributed by atoms with E-state index < -0.39 is 15.9 Å². The van der Waals surface area contributed by atoms with Gasteiger partial charge in [-0.15, -0.1) is 0 Å². The van der Waals surface area contributed by atoms with Gasteiger partial charge in [-0.3, -0.25) is 4.79 Å². The third-order valence-corrected chi connectivity index (χ3v) is 7.14. The number of piperidine rings is 1. The summed E-state index contributed by atoms with van der Waals surface area (Å²) in [5.41, 5.74) is 0.825. The maximum absolute atomic E-state index is 13.3. The minimum atomic E-state index is -3.78. The molecule has 8 heteroatoms. The van der Waals surface area contributed by atoms with Crippen molar-refractivity contribution < 1.29 is 22.7 Å². The van der Waals surface area contributed by atoms with E-state index >= 15 is 0 Å². The second-order valence-corrected chi connectivity index (χ2v) is 8.87. The molecule has 1 aliphatic rings. The zero-order valence-electron chi connectivity index (χ0n) is 16.8. The van der Waals surface area contributed by atoms with E-state index in [0.717, 1.165) is 19.3 Å². The van der Waals surface area contributed by atoms with Gasteiger partial charge < -0.3 is 14.8 Å². The average molecular weight is 419 g/mol. The highest BCUT2D eigenvalue weighted by Crippen LogP contribution is 2.32. The van der Waals surface area contributed by atoms with Gasteiger partial charge in [-0.2, -0.15) is 4.31 Å². The highest BCUT2D eigenvalue weighted by molar-refractivity contribution is 7.89. The van der Waals surface area contributed by atoms with Gasteiger partial charge >= 0.3 is 0 Å². The fourth-order valence-corrected chi connectivity index (χ4v) is 5.34. The van der Waals surface area contributed by atoms with Gasteiger partial charge in [0.05, 0.1) is 14.2 Å². The van der Waals surface area contributed by atoms with Gasteiger partial charge in [0.1, 0.15) is 16.4 Å². The van der Waals surface area contributed by atoms with Crippen LogP contribution in [0.25, 0.3) is 0 Å². The highest BCUT2D eigenvalue weighted by Gasteiger charge is 2.33. The van der Waals surface area contributed by atoms with Crippen LogP contribution in [0.2, 0.25) is 0 Å². The lowest BCUT2D eigenvalue weighted by atomic mass is 10.1. The molecule has 0 bridgehead atoms. The van der Waals surface area contributed by atoms with Gasteiger partial charge in [0.2, 0.25) is 10.0 Å². The molecule has 2 aromatic rings. The normalized spacial score (nSPS) is 17.6. The van der Waals surface area contributed by atoms with E-state index in [1.807, 2.05) is 6.92 Å². The lowest BCUT2D eigenvalue weighted by molar-refractivity contribution is 0.102. The van der Waals surface area contributed by atoms with Crippen molar-refractivity contribution in [3.63, 3.8) is 0 Å². The molecule has 1 heterocycles. The summed E-state index contributed by atoms with van der Waals surface area (Å²) in [6.45, 7) is 2.37. The summed E-state index contributed by atoms with van der Waals surface area (Å²) in [4.78, 5) is 12.7. The zero-order chi connectivity index (χ0) is 21.0. The standard InChI is InChI=1S/C21H26N2O5S/c1-15-6-4-5-13-23(15)29(25,26)20-14-16(7-12-19(20)28-3)21(24)22-17-8-10-18(27-2)11-9-17/h7-12,14-15H,4-6,13H2,1-3H3,(H,22,24). The largest absolute Gasteiger partial charge is 0.497 e. The third-order valence-electron chi connectivity index (χ3n) is 5.10. The number of nitrogens with one attached hydrogen (secondary N) is 1. The molecule has 1 N–H and O–H groups in total. The van der Waals surface area contributed by atoms with Crippen LogP contribution in [-0.4, -0.2) is 45.4 Å². The van der Waals surface area contributed by atoms with E-state index in [0.29, 0.717) is 18.0 Å². The van der Waals surface area contributed by atoms with E-state index in [9.17, 15) is 13.2 Å². The van der Waals surface area contributed by atoms with Crippen LogP contribution < -0.4 is 14.8 Å². The third kappa shape index (κ3) is 4.54. The summed E-state index contributed by atoms with van der Waals surface area (Å²) >= 11 is 0. The van der Waals surface area contributed by atoms with Gasteiger partial charge in [-0.05, 0) is 62.2 Å². The lowest BCUT2D eigenvalue weighted by Gasteiger charge is -2.32. The molecule has 0 aliphatic carbocycles. The molecule has 7 nitrogen and oxygen atoms in total. The molecular formula is C21H26N2O5S. The number of hydrogen-bond donors (Lipinski definition) is 1. The molecule has 1 fully saturated rings. The van der Waals surface area contributed by atoms with Crippen molar-refractivity contribution in [1.29, 1.82) is 0 Å². The summed E-state index contributed by atoms with van der Waals surface area (Å²) in [6.07, 6.45) is 2.65. The van der Waals surface area contributed by atoms with Crippen LogP contribution in [0.5, 0.6) is 11.5 Å². The molecule has 1 aliphatic heterocycles. The predicted molar refractivity (Wildman–Crippen MR) is 111 cm³/mol. The first kappa shape index (κ1) is 21.1. The number of rotatable bonds is 6. The van der Waals surface area contributed by atoms with Crippen molar-refractivity contribution >= 4 is 21.6 Å². The maximum Gasteiger partial charge on any atom is 0.255 e. The Bertz CT molecular complexity index is 973. The maximum atomic E-state index is 13.3. The smallest absolute Gasteiger partial charge is 0.255 e. The molecule has 3 rings (SSSR count). The minimum Gasteiger partial charge on any atom is -0.497 e. The lowest BCUT2D eigenvalue weighted by Crippen LogP contribution is -2.42. The van der Waals surface area contributed by atoms with E-state index in [1.165, 1.54) is 23.5 Å². The highest BCUT2D eigenvalue weighted by atomic mass is 32.2. The molecule has 1 saturated heterocycles. The number of benzene rings is 2. The first-order chi connectivity index (χ1) is 13.9. The molecule has 156 valence electrons. The molecule has 0 radical (unpaired) electrons. The Balaban J connectivity index is 1.90. The summed E-state index contributed by atoms with van der Waals surface area (Å²) in [5, 5.41) is 2.77. The molecule has 1 amide bonds. The Morgan fingerprint density at radius 1 is 1.07 bits per heavy atom. The van der Waals surface area contributed by atoms with Crippen LogP contribution in [0, 0.1) is 0 Å². The Morgan fingerprint density at radius 3 is 2.41 bits per heavy atom. The van der Waals surface area contributed by atoms with Crippen molar-refractivity contribution in [1.82, 2.24) is 4.31 Å². The first-order valence-electron chi connectivity index (χ1n) is 9.52. The number of methoxy groups -OCH3 is 2. The first-order valence-corrected chi connectivity index (χ1v) is 11.0. The number of sulfonamides is 1. The second-order valence-electron chi connectivity index (χ2n) is 7.01. The Labute approximate surface area is 171 Å². The molecule has 1 atom stereocenters. The molecule has 29 heavy (non-hydrogen) atoms. The van der Waals surface area contributed by atoms with Gasteiger partial charge in [0.25, 0.3) is 5.91 Å². The Kier molecular flexibility index (Phi) is 6.44. The second kappa shape index (κ2) is 8.84. The van der Waals surface area contributed by atoms with Crippen molar-refractivity contribution in [2.45, 2.75) is 37.1 Å². The number of carbonyl (C=O) groups is 1. The van der Waals surface area contributed by atoms with Gasteiger partial charge in [0.15, 0.2) is 0 Å². The van der Waals surface area contributed by atoms with Gasteiger partial charge in [0, 0.05) is 23.8 Å². The topological polar surface area (TPSA) is 84.9 Å². The van der Waals surface area contributed by atoms with Crippen LogP contribution in [-0.2, 0) is 10.0 Å². The average Bonchev–Trinajstić information content (AvgIpc) is 2.74. The quantitative estimate of drug-likeness (QED) is 0.776. The van der Waals surface area contributed by atoms with E-state index in [2.05, 4.69) is 5.32 Å². The molecule has 0 aromatic heterocycles. The number of nitrogens with zero attached hydrogens (tertiary/aromatic N) is 1. The Morgan fingerprint density at radius 2 is 1.79 bits per heavy atom. The number of ether oxygens (including phenoxy) is 2. The van der Waals surface area contributed by atoms with Crippen molar-refractivity contribution in [2.75, 3.05) is 26.1 Å². The van der Waals surface area contributed by atoms with Gasteiger partial charge in [-0.1, -0.05) is 6.42 Å². The van der Waals surface area contributed by atoms with E-state index in [4.69, 9.17) is 9.47 Å². The monoisotopic (exact) mass is 418 g/mol. The summed E-state index contributed by atoms with van der Waals surface area (Å²) in [5.74, 6) is 0.501. The molecule has 0 saturated carbocycles. The molecule has 0 spiro atoms. The summed E-state index contributed by atoms with van der Waals surface area (Å²) in [7, 11) is -0.793. The minimum absolute atomic E-state index is 0.0103. The molecule has 2 aromatic carbocycles. The van der Waals surface area contributed by atoms with E-state index in [1.54, 1.807) is 37.4 Å². The molecule has 1 unspecified atom stereocenters. The van der Waals surface area contributed by atoms with Crippen LogP contribution in [0.3, 0.4) is 0 Å². The van der Waals surface area contributed by atoms with Gasteiger partial charge in [-0.25, -0.2) is 8.42 Å². The number of hydrogen-bond acceptors (Lipinski definition) is 5. The van der Waals surface area contributed by atoms with Crippen molar-refractivity contribution in [2.24, 2.45) is 0 Å². The van der Waals surface area contributed by atoms with Crippen molar-refractivity contribution in [3.05, 3.63) is 48.0 Å². The number of anilines is 1. The Hall–Kier alpha value is -2.58. The summed E-state index contributed by atoms with van der Waals surface area (Å²) in [6, 6.07) is 11.3. The van der Waals surface area contributed by atoms with E-state index in [-0.39, 0.29) is 22.3 Å². The van der Waals surface area contributed by atoms with Crippen LogP contribution in [0.15, 0.2) is 47.4 Å².